The highest BCUT2D eigenvalue weighted by Gasteiger charge is 2.21. The Balaban J connectivity index is 2.79. The molecule has 0 spiro atoms. The minimum absolute atomic E-state index is 0.000880. The van der Waals surface area contributed by atoms with E-state index in [1.807, 2.05) is 6.92 Å². The molecule has 2 N–H and O–H groups in total. The lowest BCUT2D eigenvalue weighted by atomic mass is 10.1. The zero-order valence-corrected chi connectivity index (χ0v) is 11.7. The number of amides is 1. The van der Waals surface area contributed by atoms with Crippen molar-refractivity contribution in [2.45, 2.75) is 19.4 Å². The number of aliphatic hydroxyl groups excluding tert-OH is 1. The summed E-state index contributed by atoms with van der Waals surface area (Å²) in [7, 11) is 1.51. The Bertz CT molecular complexity index is 435. The maximum Gasteiger partial charge on any atom is 0.233 e. The van der Waals surface area contributed by atoms with Crippen LogP contribution in [0.15, 0.2) is 18.2 Å². The number of nitrogens with zero attached hydrogens (tertiary/aromatic N) is 1. The zero-order chi connectivity index (χ0) is 15.1. The number of nitrogens with one attached hydrogen (secondary N) is 1. The maximum absolute atomic E-state index is 13.6. The van der Waals surface area contributed by atoms with Crippen molar-refractivity contribution in [2.24, 2.45) is 0 Å². The fourth-order valence-electron chi connectivity index (χ4n) is 2.00. The SMILES string of the molecule is CCCN(CC(=O)NC)CC(O)c1c(F)cccc1F. The van der Waals surface area contributed by atoms with E-state index in [4.69, 9.17) is 0 Å². The highest BCUT2D eigenvalue weighted by molar-refractivity contribution is 5.77. The molecular formula is C14H20F2N2O2. The van der Waals surface area contributed by atoms with Gasteiger partial charge in [0, 0.05) is 13.6 Å². The molecule has 0 aliphatic rings. The minimum Gasteiger partial charge on any atom is -0.387 e. The van der Waals surface area contributed by atoms with Gasteiger partial charge >= 0.3 is 0 Å². The van der Waals surface area contributed by atoms with E-state index in [1.165, 1.54) is 13.1 Å². The molecule has 0 heterocycles. The molecule has 1 amide bonds. The van der Waals surface area contributed by atoms with Crippen LogP contribution in [0.1, 0.15) is 25.0 Å². The molecule has 1 aromatic rings. The maximum atomic E-state index is 13.6. The lowest BCUT2D eigenvalue weighted by Crippen LogP contribution is -2.38. The molecule has 112 valence electrons. The average Bonchev–Trinajstić information content (AvgIpc) is 2.38. The van der Waals surface area contributed by atoms with Crippen LogP contribution in [-0.4, -0.2) is 42.6 Å². The summed E-state index contributed by atoms with van der Waals surface area (Å²) >= 11 is 0. The van der Waals surface area contributed by atoms with E-state index < -0.39 is 17.7 Å². The largest absolute Gasteiger partial charge is 0.387 e. The lowest BCUT2D eigenvalue weighted by molar-refractivity contribution is -0.122. The molecule has 4 nitrogen and oxygen atoms in total. The number of hydrogen-bond donors (Lipinski definition) is 2. The number of rotatable bonds is 7. The van der Waals surface area contributed by atoms with Crippen LogP contribution < -0.4 is 5.32 Å². The number of carbonyl (C=O) groups is 1. The average molecular weight is 286 g/mol. The summed E-state index contributed by atoms with van der Waals surface area (Å²) in [6, 6.07) is 3.45. The normalized spacial score (nSPS) is 12.5. The first-order chi connectivity index (χ1) is 9.49. The number of carbonyl (C=O) groups excluding carboxylic acids is 1. The molecule has 0 radical (unpaired) electrons. The first-order valence-corrected chi connectivity index (χ1v) is 6.54. The van der Waals surface area contributed by atoms with Crippen molar-refractivity contribution in [1.29, 1.82) is 0 Å². The third kappa shape index (κ3) is 4.54. The van der Waals surface area contributed by atoms with E-state index in [-0.39, 0.29) is 24.6 Å². The lowest BCUT2D eigenvalue weighted by Gasteiger charge is -2.24. The van der Waals surface area contributed by atoms with E-state index in [1.54, 1.807) is 4.90 Å². The number of likely N-dealkylation sites (N-methyl/N-ethyl adjacent to an activating group) is 1. The number of hydrogen-bond acceptors (Lipinski definition) is 3. The highest BCUT2D eigenvalue weighted by Crippen LogP contribution is 2.21. The molecule has 0 aliphatic carbocycles. The van der Waals surface area contributed by atoms with Gasteiger partial charge in [-0.3, -0.25) is 9.69 Å². The predicted molar refractivity (Wildman–Crippen MR) is 72.1 cm³/mol. The van der Waals surface area contributed by atoms with Crippen molar-refractivity contribution in [3.05, 3.63) is 35.4 Å². The second kappa shape index (κ2) is 7.91. The first kappa shape index (κ1) is 16.5. The highest BCUT2D eigenvalue weighted by atomic mass is 19.1. The minimum atomic E-state index is -1.31. The first-order valence-electron chi connectivity index (χ1n) is 6.54. The summed E-state index contributed by atoms with van der Waals surface area (Å²) in [5, 5.41) is 12.5. The van der Waals surface area contributed by atoms with E-state index >= 15 is 0 Å². The van der Waals surface area contributed by atoms with E-state index in [0.29, 0.717) is 6.54 Å². The Hall–Kier alpha value is -1.53. The van der Waals surface area contributed by atoms with Crippen LogP contribution in [0.3, 0.4) is 0 Å². The van der Waals surface area contributed by atoms with Gasteiger partial charge in [-0.25, -0.2) is 8.78 Å². The summed E-state index contributed by atoms with van der Waals surface area (Å²) in [5.41, 5.74) is -0.356. The molecule has 1 unspecified atom stereocenters. The van der Waals surface area contributed by atoms with Crippen LogP contribution >= 0.6 is 0 Å². The number of aliphatic hydroxyl groups is 1. The fourth-order valence-corrected chi connectivity index (χ4v) is 2.00. The van der Waals surface area contributed by atoms with Crippen molar-refractivity contribution in [3.63, 3.8) is 0 Å². The topological polar surface area (TPSA) is 52.6 Å². The summed E-state index contributed by atoms with van der Waals surface area (Å²) < 4.78 is 27.1. The van der Waals surface area contributed by atoms with Crippen LogP contribution in [-0.2, 0) is 4.79 Å². The summed E-state index contributed by atoms with van der Waals surface area (Å²) in [4.78, 5) is 13.0. The summed E-state index contributed by atoms with van der Waals surface area (Å²) in [6.07, 6.45) is -0.545. The Labute approximate surface area is 117 Å². The molecule has 1 rings (SSSR count). The third-order valence-electron chi connectivity index (χ3n) is 2.95. The van der Waals surface area contributed by atoms with Gasteiger partial charge < -0.3 is 10.4 Å². The van der Waals surface area contributed by atoms with Gasteiger partial charge in [0.15, 0.2) is 0 Å². The van der Waals surface area contributed by atoms with E-state index in [9.17, 15) is 18.7 Å². The van der Waals surface area contributed by atoms with Crippen LogP contribution in [0.5, 0.6) is 0 Å². The van der Waals surface area contributed by atoms with Crippen molar-refractivity contribution in [2.75, 3.05) is 26.7 Å². The van der Waals surface area contributed by atoms with Crippen molar-refractivity contribution in [1.82, 2.24) is 10.2 Å². The molecule has 0 aromatic heterocycles. The van der Waals surface area contributed by atoms with Crippen LogP contribution in [0.4, 0.5) is 8.78 Å². The van der Waals surface area contributed by atoms with Gasteiger partial charge in [0.05, 0.1) is 18.2 Å². The molecule has 20 heavy (non-hydrogen) atoms. The van der Waals surface area contributed by atoms with Crippen LogP contribution in [0, 0.1) is 11.6 Å². The molecular weight excluding hydrogens is 266 g/mol. The quantitative estimate of drug-likeness (QED) is 0.798. The number of benzene rings is 1. The second-order valence-corrected chi connectivity index (χ2v) is 4.56. The molecule has 6 heteroatoms. The smallest absolute Gasteiger partial charge is 0.233 e. The van der Waals surface area contributed by atoms with E-state index in [0.717, 1.165) is 18.6 Å². The molecule has 0 saturated heterocycles. The van der Waals surface area contributed by atoms with E-state index in [2.05, 4.69) is 5.32 Å². The van der Waals surface area contributed by atoms with Crippen molar-refractivity contribution >= 4 is 5.91 Å². The van der Waals surface area contributed by atoms with Gasteiger partial charge in [0.1, 0.15) is 11.6 Å². The molecule has 0 saturated carbocycles. The summed E-state index contributed by atoms with van der Waals surface area (Å²) in [6.45, 7) is 2.56. The van der Waals surface area contributed by atoms with Gasteiger partial charge in [-0.1, -0.05) is 13.0 Å². The van der Waals surface area contributed by atoms with Crippen molar-refractivity contribution < 1.29 is 18.7 Å². The molecule has 0 bridgehead atoms. The van der Waals surface area contributed by atoms with Crippen molar-refractivity contribution in [3.8, 4) is 0 Å². The molecule has 0 fully saturated rings. The monoisotopic (exact) mass is 286 g/mol. The second-order valence-electron chi connectivity index (χ2n) is 4.56. The van der Waals surface area contributed by atoms with Crippen LogP contribution in [0.25, 0.3) is 0 Å². The standard InChI is InChI=1S/C14H20F2N2O2/c1-3-7-18(9-13(20)17-2)8-12(19)14-10(15)5-4-6-11(14)16/h4-6,12,19H,3,7-9H2,1-2H3,(H,17,20). The third-order valence-corrected chi connectivity index (χ3v) is 2.95. The van der Waals surface area contributed by atoms with Gasteiger partial charge in [-0.05, 0) is 25.1 Å². The molecule has 1 atom stereocenters. The molecule has 0 aliphatic heterocycles. The van der Waals surface area contributed by atoms with Gasteiger partial charge in [-0.15, -0.1) is 0 Å². The van der Waals surface area contributed by atoms with Gasteiger partial charge in [-0.2, -0.15) is 0 Å². The Morgan fingerprint density at radius 1 is 1.40 bits per heavy atom. The summed E-state index contributed by atoms with van der Waals surface area (Å²) in [5.74, 6) is -1.78. The Kier molecular flexibility index (Phi) is 6.54. The zero-order valence-electron chi connectivity index (χ0n) is 11.7. The van der Waals surface area contributed by atoms with Crippen LogP contribution in [0.2, 0.25) is 0 Å². The Morgan fingerprint density at radius 2 is 2.00 bits per heavy atom. The van der Waals surface area contributed by atoms with Gasteiger partial charge in [0.25, 0.3) is 0 Å². The predicted octanol–water partition coefficient (Wildman–Crippen LogP) is 1.46. The van der Waals surface area contributed by atoms with Gasteiger partial charge in [0.2, 0.25) is 5.91 Å². The number of halogens is 2. The molecule has 1 aromatic carbocycles. The fraction of sp³-hybridized carbons (Fsp3) is 0.500. The Morgan fingerprint density at radius 3 is 2.50 bits per heavy atom.